The maximum absolute atomic E-state index is 12.9. The fourth-order valence-electron chi connectivity index (χ4n) is 6.05. The molecule has 35 heavy (non-hydrogen) atoms. The predicted octanol–water partition coefficient (Wildman–Crippen LogP) is 8.62. The van der Waals surface area contributed by atoms with Crippen LogP contribution in [-0.2, 0) is 16.1 Å². The van der Waals surface area contributed by atoms with Gasteiger partial charge in [0.15, 0.2) is 0 Å². The maximum Gasteiger partial charge on any atom is 0.410 e. The van der Waals surface area contributed by atoms with Crippen LogP contribution >= 0.6 is 0 Å². The second kappa shape index (κ2) is 16.0. The Morgan fingerprint density at radius 1 is 0.771 bits per heavy atom. The van der Waals surface area contributed by atoms with Gasteiger partial charge in [0.05, 0.1) is 0 Å². The van der Waals surface area contributed by atoms with Crippen molar-refractivity contribution in [1.29, 1.82) is 0 Å². The normalized spacial score (nSPS) is 21.3. The van der Waals surface area contributed by atoms with E-state index in [1.54, 1.807) is 0 Å². The Balaban J connectivity index is 1.22. The predicted molar refractivity (Wildman–Crippen MR) is 143 cm³/mol. The number of benzene rings is 1. The Kier molecular flexibility index (Phi) is 12.7. The monoisotopic (exact) mass is 483 g/mol. The molecule has 4 nitrogen and oxygen atoms in total. The number of Topliss-reactive ketones (excluding diaryl/α,β-unsaturated/α-hetero) is 1. The standard InChI is InChI=1S/C31H49NO3/c1-2-3-4-5-6-7-8-9-10-11-12-13-17-20-30(33)27-23-28-21-22-29(24-27)32(28)31(34)35-25-26-18-15-14-16-19-26/h14-16,18-19,27-29H,2-13,17,20-25H2,1H3. The smallest absolute Gasteiger partial charge is 0.410 e. The molecule has 2 aliphatic rings. The van der Waals surface area contributed by atoms with Crippen molar-refractivity contribution < 1.29 is 14.3 Å². The van der Waals surface area contributed by atoms with Crippen molar-refractivity contribution in [2.75, 3.05) is 0 Å². The second-order valence-corrected chi connectivity index (χ2v) is 11.0. The molecule has 1 amide bonds. The van der Waals surface area contributed by atoms with Gasteiger partial charge in [0, 0.05) is 24.4 Å². The molecule has 0 saturated carbocycles. The summed E-state index contributed by atoms with van der Waals surface area (Å²) in [5.41, 5.74) is 1.01. The highest BCUT2D eigenvalue weighted by Crippen LogP contribution is 2.40. The molecule has 0 N–H and O–H groups in total. The van der Waals surface area contributed by atoms with E-state index in [9.17, 15) is 9.59 Å². The first kappa shape index (κ1) is 27.7. The number of amides is 1. The number of fused-ring (bicyclic) bond motifs is 2. The van der Waals surface area contributed by atoms with Crippen LogP contribution in [-0.4, -0.2) is 28.9 Å². The van der Waals surface area contributed by atoms with Crippen LogP contribution in [0.5, 0.6) is 0 Å². The summed E-state index contributed by atoms with van der Waals surface area (Å²) in [6.07, 6.45) is 21.5. The highest BCUT2D eigenvalue weighted by molar-refractivity contribution is 5.81. The summed E-state index contributed by atoms with van der Waals surface area (Å²) in [5, 5.41) is 0. The molecule has 0 aromatic heterocycles. The minimum absolute atomic E-state index is 0.142. The molecule has 4 heteroatoms. The van der Waals surface area contributed by atoms with Gasteiger partial charge in [-0.3, -0.25) is 4.79 Å². The molecule has 2 bridgehead atoms. The van der Waals surface area contributed by atoms with E-state index in [1.165, 1.54) is 77.0 Å². The van der Waals surface area contributed by atoms with Gasteiger partial charge in [-0.1, -0.05) is 114 Å². The van der Waals surface area contributed by atoms with E-state index in [4.69, 9.17) is 4.74 Å². The summed E-state index contributed by atoms with van der Waals surface area (Å²) >= 11 is 0. The topological polar surface area (TPSA) is 46.6 Å². The zero-order valence-electron chi connectivity index (χ0n) is 22.2. The molecule has 196 valence electrons. The Hall–Kier alpha value is -1.84. The summed E-state index contributed by atoms with van der Waals surface area (Å²) in [6, 6.07) is 10.2. The number of unbranched alkanes of at least 4 members (excludes halogenated alkanes) is 12. The largest absolute Gasteiger partial charge is 0.445 e. The lowest BCUT2D eigenvalue weighted by atomic mass is 9.85. The number of rotatable bonds is 17. The van der Waals surface area contributed by atoms with Gasteiger partial charge in [-0.2, -0.15) is 0 Å². The Labute approximate surface area is 214 Å². The number of piperidine rings is 1. The SMILES string of the molecule is CCCCCCCCCCCCCCCC(=O)C1CC2CCC(C1)N2C(=O)OCc1ccccc1. The van der Waals surface area contributed by atoms with Gasteiger partial charge in [0.25, 0.3) is 0 Å². The molecule has 0 aliphatic carbocycles. The summed E-state index contributed by atoms with van der Waals surface area (Å²) in [5.74, 6) is 0.574. The van der Waals surface area contributed by atoms with Crippen molar-refractivity contribution in [3.8, 4) is 0 Å². The third-order valence-electron chi connectivity index (χ3n) is 8.13. The molecule has 0 radical (unpaired) electrons. The Bertz CT molecular complexity index is 720. The van der Waals surface area contributed by atoms with Gasteiger partial charge in [0.2, 0.25) is 0 Å². The Morgan fingerprint density at radius 3 is 1.83 bits per heavy atom. The van der Waals surface area contributed by atoms with E-state index in [-0.39, 0.29) is 24.1 Å². The van der Waals surface area contributed by atoms with Gasteiger partial charge in [0.1, 0.15) is 12.4 Å². The number of hydrogen-bond acceptors (Lipinski definition) is 3. The van der Waals surface area contributed by atoms with Crippen molar-refractivity contribution in [2.45, 2.75) is 141 Å². The molecule has 2 unspecified atom stereocenters. The van der Waals surface area contributed by atoms with Gasteiger partial charge in [-0.15, -0.1) is 0 Å². The maximum atomic E-state index is 12.9. The second-order valence-electron chi connectivity index (χ2n) is 11.0. The molecule has 1 aromatic rings. The summed E-state index contributed by atoms with van der Waals surface area (Å²) in [6.45, 7) is 2.59. The van der Waals surface area contributed by atoms with Crippen LogP contribution in [0.4, 0.5) is 4.79 Å². The molecule has 2 fully saturated rings. The van der Waals surface area contributed by atoms with Crippen LogP contribution in [0.2, 0.25) is 0 Å². The van der Waals surface area contributed by atoms with E-state index in [0.717, 1.165) is 44.1 Å². The zero-order chi connectivity index (χ0) is 24.7. The van der Waals surface area contributed by atoms with Crippen LogP contribution in [0.25, 0.3) is 0 Å². The molecule has 2 atom stereocenters. The van der Waals surface area contributed by atoms with Crippen molar-refractivity contribution in [3.05, 3.63) is 35.9 Å². The van der Waals surface area contributed by atoms with Gasteiger partial charge in [-0.05, 0) is 37.7 Å². The summed E-state index contributed by atoms with van der Waals surface area (Å²) in [4.78, 5) is 27.5. The van der Waals surface area contributed by atoms with E-state index in [1.807, 2.05) is 35.2 Å². The summed E-state index contributed by atoms with van der Waals surface area (Å²) < 4.78 is 5.60. The molecular weight excluding hydrogens is 434 g/mol. The van der Waals surface area contributed by atoms with Crippen LogP contribution in [0.15, 0.2) is 30.3 Å². The van der Waals surface area contributed by atoms with Gasteiger partial charge in [-0.25, -0.2) is 4.79 Å². The molecule has 0 spiro atoms. The van der Waals surface area contributed by atoms with E-state index in [0.29, 0.717) is 12.4 Å². The average molecular weight is 484 g/mol. The van der Waals surface area contributed by atoms with E-state index >= 15 is 0 Å². The highest BCUT2D eigenvalue weighted by Gasteiger charge is 2.45. The number of carbonyl (C=O) groups excluding carboxylic acids is 2. The fourth-order valence-corrected chi connectivity index (χ4v) is 6.05. The molecule has 2 heterocycles. The Morgan fingerprint density at radius 2 is 1.29 bits per heavy atom. The number of hydrogen-bond donors (Lipinski definition) is 0. The fraction of sp³-hybridized carbons (Fsp3) is 0.742. The van der Waals surface area contributed by atoms with Crippen molar-refractivity contribution in [2.24, 2.45) is 5.92 Å². The number of carbonyl (C=O) groups is 2. The van der Waals surface area contributed by atoms with Crippen LogP contribution in [0, 0.1) is 5.92 Å². The van der Waals surface area contributed by atoms with Crippen molar-refractivity contribution in [3.63, 3.8) is 0 Å². The first-order chi connectivity index (χ1) is 17.2. The van der Waals surface area contributed by atoms with Crippen LogP contribution in [0.1, 0.15) is 128 Å². The molecular formula is C31H49NO3. The van der Waals surface area contributed by atoms with E-state index < -0.39 is 0 Å². The van der Waals surface area contributed by atoms with Gasteiger partial charge < -0.3 is 9.64 Å². The molecule has 2 aliphatic heterocycles. The van der Waals surface area contributed by atoms with Gasteiger partial charge >= 0.3 is 6.09 Å². The number of ketones is 1. The average Bonchev–Trinajstić information content (AvgIpc) is 3.15. The van der Waals surface area contributed by atoms with E-state index in [2.05, 4.69) is 6.92 Å². The first-order valence-electron chi connectivity index (χ1n) is 14.7. The van der Waals surface area contributed by atoms with Crippen molar-refractivity contribution >= 4 is 11.9 Å². The minimum Gasteiger partial charge on any atom is -0.445 e. The van der Waals surface area contributed by atoms with Crippen molar-refractivity contribution in [1.82, 2.24) is 4.90 Å². The summed E-state index contributed by atoms with van der Waals surface area (Å²) in [7, 11) is 0. The lowest BCUT2D eigenvalue weighted by Crippen LogP contribution is -2.48. The minimum atomic E-state index is -0.205. The highest BCUT2D eigenvalue weighted by atomic mass is 16.6. The molecule has 3 rings (SSSR count). The zero-order valence-corrected chi connectivity index (χ0v) is 22.2. The first-order valence-corrected chi connectivity index (χ1v) is 14.7. The number of nitrogens with zero attached hydrogens (tertiary/aromatic N) is 1. The number of ether oxygens (including phenoxy) is 1. The third-order valence-corrected chi connectivity index (χ3v) is 8.13. The van der Waals surface area contributed by atoms with Crippen LogP contribution in [0.3, 0.4) is 0 Å². The lowest BCUT2D eigenvalue weighted by Gasteiger charge is -2.37. The quantitative estimate of drug-likeness (QED) is 0.208. The third kappa shape index (κ3) is 9.61. The molecule has 1 aromatic carbocycles. The molecule has 2 saturated heterocycles. The van der Waals surface area contributed by atoms with Crippen LogP contribution < -0.4 is 0 Å². The lowest BCUT2D eigenvalue weighted by molar-refractivity contribution is -0.125.